The van der Waals surface area contributed by atoms with Gasteiger partial charge in [0.1, 0.15) is 0 Å². The first-order valence-corrected chi connectivity index (χ1v) is 8.76. The lowest BCUT2D eigenvalue weighted by Gasteiger charge is -2.06. The number of carbonyl (C=O) groups is 1. The van der Waals surface area contributed by atoms with E-state index >= 15 is 0 Å². The molecule has 0 saturated carbocycles. The van der Waals surface area contributed by atoms with Crippen LogP contribution in [0.25, 0.3) is 0 Å². The van der Waals surface area contributed by atoms with Crippen LogP contribution < -0.4 is 5.73 Å². The minimum absolute atomic E-state index is 0.674. The molecule has 2 aromatic rings. The van der Waals surface area contributed by atoms with Gasteiger partial charge in [-0.3, -0.25) is 4.79 Å². The average molecular weight is 327 g/mol. The Morgan fingerprint density at radius 2 is 1.54 bits per heavy atom. The van der Waals surface area contributed by atoms with Crippen LogP contribution in [-0.2, 0) is 32.1 Å². The van der Waals surface area contributed by atoms with E-state index in [0.29, 0.717) is 17.8 Å². The van der Waals surface area contributed by atoms with Crippen LogP contribution >= 0.6 is 0 Å². The lowest BCUT2D eigenvalue weighted by Crippen LogP contribution is -2.02. The number of nitrogens with two attached hydrogens (primary N) is 1. The van der Waals surface area contributed by atoms with Crippen LogP contribution in [0.15, 0.2) is 12.3 Å². The summed E-state index contributed by atoms with van der Waals surface area (Å²) >= 11 is 0. The van der Waals surface area contributed by atoms with Crippen molar-refractivity contribution in [2.45, 2.75) is 59.8 Å². The van der Waals surface area contributed by atoms with Crippen molar-refractivity contribution < 1.29 is 4.79 Å². The molecule has 2 heterocycles. The summed E-state index contributed by atoms with van der Waals surface area (Å²) in [5.74, 6) is 0. The monoisotopic (exact) mass is 327 g/mol. The molecule has 130 valence electrons. The zero-order valence-corrected chi connectivity index (χ0v) is 15.3. The number of aldehydes is 1. The van der Waals surface area contributed by atoms with Crippen molar-refractivity contribution in [2.24, 2.45) is 5.73 Å². The lowest BCUT2D eigenvalue weighted by atomic mass is 9.99. The normalized spacial score (nSPS) is 11.0. The van der Waals surface area contributed by atoms with E-state index in [1.54, 1.807) is 0 Å². The maximum absolute atomic E-state index is 11.2. The molecule has 0 unspecified atom stereocenters. The van der Waals surface area contributed by atoms with E-state index in [1.165, 1.54) is 28.1 Å². The van der Waals surface area contributed by atoms with Crippen molar-refractivity contribution in [1.82, 2.24) is 9.97 Å². The Balaban J connectivity index is 2.48. The van der Waals surface area contributed by atoms with E-state index < -0.39 is 0 Å². The average Bonchev–Trinajstić information content (AvgIpc) is 3.03. The summed E-state index contributed by atoms with van der Waals surface area (Å²) in [7, 11) is 0. The van der Waals surface area contributed by atoms with Gasteiger partial charge < -0.3 is 15.7 Å². The first kappa shape index (κ1) is 18.1. The van der Waals surface area contributed by atoms with Gasteiger partial charge in [-0.1, -0.05) is 27.4 Å². The molecule has 4 heteroatoms. The summed E-state index contributed by atoms with van der Waals surface area (Å²) in [5, 5.41) is 0. The second-order valence-electron chi connectivity index (χ2n) is 6.35. The molecule has 0 aliphatic rings. The van der Waals surface area contributed by atoms with E-state index in [9.17, 15) is 4.79 Å². The van der Waals surface area contributed by atoms with Crippen LogP contribution in [0.5, 0.6) is 0 Å². The third-order valence-corrected chi connectivity index (χ3v) is 4.84. The fourth-order valence-electron chi connectivity index (χ4n) is 3.72. The van der Waals surface area contributed by atoms with Gasteiger partial charge in [-0.25, -0.2) is 0 Å². The highest BCUT2D eigenvalue weighted by atomic mass is 16.1. The summed E-state index contributed by atoms with van der Waals surface area (Å²) in [4.78, 5) is 18.1. The molecule has 4 N–H and O–H groups in total. The third kappa shape index (κ3) is 3.32. The van der Waals surface area contributed by atoms with Crippen molar-refractivity contribution in [2.75, 3.05) is 0 Å². The summed E-state index contributed by atoms with van der Waals surface area (Å²) in [6.07, 6.45) is 5.25. The Labute approximate surface area is 144 Å². The van der Waals surface area contributed by atoms with Crippen LogP contribution in [0.2, 0.25) is 0 Å². The Kier molecular flexibility index (Phi) is 5.71. The summed E-state index contributed by atoms with van der Waals surface area (Å²) in [6.45, 7) is 12.3. The molecule has 0 aliphatic heterocycles. The molecule has 0 spiro atoms. The molecule has 0 aliphatic carbocycles. The van der Waals surface area contributed by atoms with Gasteiger partial charge in [0, 0.05) is 35.6 Å². The van der Waals surface area contributed by atoms with Gasteiger partial charge in [0.15, 0.2) is 6.29 Å². The Morgan fingerprint density at radius 3 is 2.04 bits per heavy atom. The number of aromatic amines is 2. The van der Waals surface area contributed by atoms with Crippen molar-refractivity contribution in [1.29, 1.82) is 0 Å². The number of rotatable bonds is 8. The van der Waals surface area contributed by atoms with Crippen molar-refractivity contribution >= 4 is 6.29 Å². The van der Waals surface area contributed by atoms with Gasteiger partial charge in [0.05, 0.1) is 5.69 Å². The van der Waals surface area contributed by atoms with Crippen LogP contribution in [0.4, 0.5) is 0 Å². The first-order chi connectivity index (χ1) is 11.5. The zero-order chi connectivity index (χ0) is 17.9. The summed E-state index contributed by atoms with van der Waals surface area (Å²) < 4.78 is 0. The van der Waals surface area contributed by atoms with Crippen molar-refractivity contribution in [3.63, 3.8) is 0 Å². The van der Waals surface area contributed by atoms with E-state index in [2.05, 4.69) is 37.3 Å². The standard InChI is InChI=1S/C20H29N3O/c1-6-14-13(5)20(11-24)23-18(14)10-19-16(8-3)15(7-2)17(22-19)9-12(4)21/h11,22-23H,4,6-10,21H2,1-3,5H3. The zero-order valence-electron chi connectivity index (χ0n) is 15.3. The molecule has 0 saturated heterocycles. The molecule has 2 aromatic heterocycles. The van der Waals surface area contributed by atoms with Crippen molar-refractivity contribution in [3.8, 4) is 0 Å². The van der Waals surface area contributed by atoms with Gasteiger partial charge in [0.2, 0.25) is 0 Å². The lowest BCUT2D eigenvalue weighted by molar-refractivity contribution is 0.111. The van der Waals surface area contributed by atoms with Crippen LogP contribution in [0.3, 0.4) is 0 Å². The van der Waals surface area contributed by atoms with Gasteiger partial charge in [0.25, 0.3) is 0 Å². The Morgan fingerprint density at radius 1 is 1.00 bits per heavy atom. The number of nitrogens with one attached hydrogen (secondary N) is 2. The highest BCUT2D eigenvalue weighted by Crippen LogP contribution is 2.27. The molecule has 0 amide bonds. The molecule has 0 bridgehead atoms. The van der Waals surface area contributed by atoms with E-state index in [4.69, 9.17) is 5.73 Å². The molecule has 0 fully saturated rings. The van der Waals surface area contributed by atoms with Crippen molar-refractivity contribution in [3.05, 3.63) is 57.3 Å². The highest BCUT2D eigenvalue weighted by molar-refractivity contribution is 5.76. The molecule has 4 nitrogen and oxygen atoms in total. The summed E-state index contributed by atoms with van der Waals surface area (Å²) in [6, 6.07) is 0. The third-order valence-electron chi connectivity index (χ3n) is 4.84. The second kappa shape index (κ2) is 7.56. The maximum Gasteiger partial charge on any atom is 0.166 e. The molecule has 0 aromatic carbocycles. The molecular weight excluding hydrogens is 298 g/mol. The number of allylic oxidation sites excluding steroid dienone is 1. The van der Waals surface area contributed by atoms with Gasteiger partial charge in [-0.2, -0.15) is 0 Å². The number of H-pyrrole nitrogens is 2. The first-order valence-electron chi connectivity index (χ1n) is 8.76. The predicted octanol–water partition coefficient (Wildman–Crippen LogP) is 3.76. The number of aromatic nitrogens is 2. The SMILES string of the molecule is C=C(N)Cc1[nH]c(Cc2[nH]c(C=O)c(C)c2CC)c(CC)c1CC. The van der Waals surface area contributed by atoms with Gasteiger partial charge >= 0.3 is 0 Å². The fraction of sp³-hybridized carbons (Fsp3) is 0.450. The van der Waals surface area contributed by atoms with E-state index in [0.717, 1.165) is 43.2 Å². The van der Waals surface area contributed by atoms with E-state index in [1.807, 2.05) is 6.92 Å². The van der Waals surface area contributed by atoms with Crippen LogP contribution in [-0.4, -0.2) is 16.3 Å². The quantitative estimate of drug-likeness (QED) is 0.646. The number of carbonyl (C=O) groups excluding carboxylic acids is 1. The fourth-order valence-corrected chi connectivity index (χ4v) is 3.72. The number of hydrogen-bond donors (Lipinski definition) is 3. The molecule has 2 rings (SSSR count). The predicted molar refractivity (Wildman–Crippen MR) is 99.7 cm³/mol. The van der Waals surface area contributed by atoms with Crippen LogP contribution in [0, 0.1) is 6.92 Å². The molecular formula is C20H29N3O. The number of hydrogen-bond acceptors (Lipinski definition) is 2. The van der Waals surface area contributed by atoms with Gasteiger partial charge in [-0.15, -0.1) is 0 Å². The summed E-state index contributed by atoms with van der Waals surface area (Å²) in [5.41, 5.74) is 15.8. The van der Waals surface area contributed by atoms with E-state index in [-0.39, 0.29) is 0 Å². The Bertz CT molecular complexity index is 750. The minimum Gasteiger partial charge on any atom is -0.402 e. The largest absolute Gasteiger partial charge is 0.402 e. The topological polar surface area (TPSA) is 74.7 Å². The maximum atomic E-state index is 11.2. The highest BCUT2D eigenvalue weighted by Gasteiger charge is 2.18. The molecule has 0 atom stereocenters. The minimum atomic E-state index is 0.674. The van der Waals surface area contributed by atoms with Gasteiger partial charge in [-0.05, 0) is 48.4 Å². The smallest absolute Gasteiger partial charge is 0.166 e. The molecule has 24 heavy (non-hydrogen) atoms. The Hall–Kier alpha value is -2.23. The molecule has 0 radical (unpaired) electrons. The van der Waals surface area contributed by atoms with Crippen LogP contribution in [0.1, 0.15) is 70.6 Å². The second-order valence-corrected chi connectivity index (χ2v) is 6.35.